The van der Waals surface area contributed by atoms with Crippen molar-refractivity contribution < 1.29 is 19.1 Å². The van der Waals surface area contributed by atoms with Crippen LogP contribution in [0.1, 0.15) is 29.1 Å². The number of benzene rings is 2. The number of carbonyl (C=O) groups is 3. The van der Waals surface area contributed by atoms with Gasteiger partial charge >= 0.3 is 12.0 Å². The zero-order valence-corrected chi connectivity index (χ0v) is 16.4. The van der Waals surface area contributed by atoms with E-state index < -0.39 is 24.0 Å². The third-order valence-corrected chi connectivity index (χ3v) is 4.29. The molecule has 0 unspecified atom stereocenters. The van der Waals surface area contributed by atoms with Crippen LogP contribution in [0.15, 0.2) is 59.4 Å². The molecule has 0 bridgehead atoms. The number of carbonyl (C=O) groups excluding carboxylic acids is 3. The maximum atomic E-state index is 12.9. The molecule has 9 nitrogen and oxygen atoms in total. The molecule has 30 heavy (non-hydrogen) atoms. The summed E-state index contributed by atoms with van der Waals surface area (Å²) in [7, 11) is 1.42. The summed E-state index contributed by atoms with van der Waals surface area (Å²) < 4.78 is 6.49. The lowest BCUT2D eigenvalue weighted by Gasteiger charge is -2.18. The van der Waals surface area contributed by atoms with E-state index in [9.17, 15) is 19.2 Å². The molecule has 0 radical (unpaired) electrons. The van der Waals surface area contributed by atoms with Crippen molar-refractivity contribution in [3.05, 3.63) is 76.2 Å². The van der Waals surface area contributed by atoms with Gasteiger partial charge in [0.05, 0.1) is 5.39 Å². The Morgan fingerprint density at radius 2 is 1.67 bits per heavy atom. The van der Waals surface area contributed by atoms with Crippen molar-refractivity contribution in [2.45, 2.75) is 13.0 Å². The van der Waals surface area contributed by atoms with Gasteiger partial charge in [0.2, 0.25) is 6.10 Å². The monoisotopic (exact) mass is 408 g/mol. The number of esters is 1. The van der Waals surface area contributed by atoms with Crippen molar-refractivity contribution in [3.63, 3.8) is 0 Å². The normalized spacial score (nSPS) is 11.5. The van der Waals surface area contributed by atoms with Crippen LogP contribution in [0.5, 0.6) is 0 Å². The van der Waals surface area contributed by atoms with Gasteiger partial charge in [0, 0.05) is 24.5 Å². The van der Waals surface area contributed by atoms with Gasteiger partial charge in [0.1, 0.15) is 0 Å². The van der Waals surface area contributed by atoms with Crippen LogP contribution in [-0.2, 0) is 16.6 Å². The topological polar surface area (TPSA) is 119 Å². The fourth-order valence-corrected chi connectivity index (χ4v) is 2.90. The van der Waals surface area contributed by atoms with E-state index in [-0.39, 0.29) is 11.3 Å². The fraction of sp³-hybridized carbons (Fsp3) is 0.190. The van der Waals surface area contributed by atoms with E-state index in [1.165, 1.54) is 7.05 Å². The molecular weight excluding hydrogens is 388 g/mol. The number of imide groups is 1. The van der Waals surface area contributed by atoms with Gasteiger partial charge in [-0.1, -0.05) is 48.5 Å². The Morgan fingerprint density at radius 3 is 2.33 bits per heavy atom. The summed E-state index contributed by atoms with van der Waals surface area (Å²) in [5, 5.41) is 9.22. The molecular formula is C21H20N4O5. The highest BCUT2D eigenvalue weighted by atomic mass is 16.5. The first-order valence-electron chi connectivity index (χ1n) is 9.23. The molecule has 9 heteroatoms. The number of hydrogen-bond acceptors (Lipinski definition) is 6. The molecule has 1 heterocycles. The van der Waals surface area contributed by atoms with E-state index in [0.717, 1.165) is 4.68 Å². The van der Waals surface area contributed by atoms with Gasteiger partial charge in [0.15, 0.2) is 5.69 Å². The van der Waals surface area contributed by atoms with Crippen LogP contribution in [-0.4, -0.2) is 34.2 Å². The Hall–Kier alpha value is -4.01. The minimum atomic E-state index is -1.39. The lowest BCUT2D eigenvalue weighted by Crippen LogP contribution is -2.42. The van der Waals surface area contributed by atoms with E-state index in [4.69, 9.17) is 4.74 Å². The summed E-state index contributed by atoms with van der Waals surface area (Å²) in [6.45, 7) is 2.03. The minimum absolute atomic E-state index is 0.112. The zero-order chi connectivity index (χ0) is 21.7. The third kappa shape index (κ3) is 4.35. The quantitative estimate of drug-likeness (QED) is 0.620. The van der Waals surface area contributed by atoms with E-state index >= 15 is 0 Å². The number of ether oxygens (including phenoxy) is 1. The maximum Gasteiger partial charge on any atom is 0.360 e. The Labute approximate surface area is 171 Å². The number of amides is 3. The number of fused-ring (bicyclic) bond motifs is 1. The molecule has 0 saturated heterocycles. The molecule has 2 aromatic carbocycles. The summed E-state index contributed by atoms with van der Waals surface area (Å²) in [4.78, 5) is 49.6. The number of aryl methyl sites for hydroxylation is 1. The van der Waals surface area contributed by atoms with E-state index in [2.05, 4.69) is 15.7 Å². The minimum Gasteiger partial charge on any atom is -0.442 e. The van der Waals surface area contributed by atoms with Gasteiger partial charge < -0.3 is 10.1 Å². The molecule has 0 aliphatic heterocycles. The summed E-state index contributed by atoms with van der Waals surface area (Å²) in [5.74, 6) is -1.71. The van der Waals surface area contributed by atoms with Gasteiger partial charge in [-0.05, 0) is 13.0 Å². The average molecular weight is 408 g/mol. The second-order valence-electron chi connectivity index (χ2n) is 6.37. The molecule has 0 aliphatic rings. The summed E-state index contributed by atoms with van der Waals surface area (Å²) >= 11 is 0. The molecule has 154 valence electrons. The average Bonchev–Trinajstić information content (AvgIpc) is 2.75. The fourth-order valence-electron chi connectivity index (χ4n) is 2.90. The highest BCUT2D eigenvalue weighted by Crippen LogP contribution is 2.21. The maximum absolute atomic E-state index is 12.9. The second kappa shape index (κ2) is 8.99. The predicted octanol–water partition coefficient (Wildman–Crippen LogP) is 1.68. The molecule has 1 atom stereocenters. The first-order valence-corrected chi connectivity index (χ1v) is 9.23. The lowest BCUT2D eigenvalue weighted by molar-refractivity contribution is -0.129. The van der Waals surface area contributed by atoms with E-state index in [0.29, 0.717) is 22.9 Å². The molecule has 0 spiro atoms. The van der Waals surface area contributed by atoms with Crippen molar-refractivity contribution in [3.8, 4) is 0 Å². The van der Waals surface area contributed by atoms with Crippen molar-refractivity contribution in [1.29, 1.82) is 0 Å². The van der Waals surface area contributed by atoms with Gasteiger partial charge in [-0.3, -0.25) is 14.9 Å². The number of nitrogens with zero attached hydrogens (tertiary/aromatic N) is 2. The standard InChI is InChI=1S/C21H20N4O5/c1-3-22-21(29)23-18(26)17(13-9-5-4-6-10-13)30-20(28)16-14-11-7-8-12-15(14)19(27)25(2)24-16/h4-12,17H,3H2,1-2H3,(H2,22,23,26,29)/t17-/m0/s1. The van der Waals surface area contributed by atoms with Crippen molar-refractivity contribution in [2.75, 3.05) is 6.54 Å². The van der Waals surface area contributed by atoms with E-state index in [1.54, 1.807) is 61.5 Å². The largest absolute Gasteiger partial charge is 0.442 e. The number of hydrogen-bond donors (Lipinski definition) is 2. The third-order valence-electron chi connectivity index (χ3n) is 4.29. The molecule has 0 aliphatic carbocycles. The van der Waals surface area contributed by atoms with Crippen LogP contribution < -0.4 is 16.2 Å². The number of aromatic nitrogens is 2. The molecule has 0 fully saturated rings. The summed E-state index contributed by atoms with van der Waals surface area (Å²) in [6, 6.07) is 14.1. The van der Waals surface area contributed by atoms with Gasteiger partial charge in [-0.25, -0.2) is 14.3 Å². The van der Waals surface area contributed by atoms with Crippen molar-refractivity contribution in [2.24, 2.45) is 7.05 Å². The Bertz CT molecular complexity index is 1160. The summed E-state index contributed by atoms with van der Waals surface area (Å²) in [5.41, 5.74) is -0.100. The Kier molecular flexibility index (Phi) is 6.21. The molecule has 1 aromatic heterocycles. The lowest BCUT2D eigenvalue weighted by atomic mass is 10.1. The van der Waals surface area contributed by atoms with Crippen LogP contribution in [0.4, 0.5) is 4.79 Å². The van der Waals surface area contributed by atoms with Crippen molar-refractivity contribution >= 4 is 28.7 Å². The van der Waals surface area contributed by atoms with Gasteiger partial charge in [0.25, 0.3) is 11.5 Å². The highest BCUT2D eigenvalue weighted by Gasteiger charge is 2.28. The van der Waals surface area contributed by atoms with E-state index in [1.807, 2.05) is 0 Å². The molecule has 3 amide bonds. The van der Waals surface area contributed by atoms with Gasteiger partial charge in [-0.2, -0.15) is 5.10 Å². The first-order chi connectivity index (χ1) is 14.4. The smallest absolute Gasteiger partial charge is 0.360 e. The van der Waals surface area contributed by atoms with Crippen LogP contribution in [0.2, 0.25) is 0 Å². The summed E-state index contributed by atoms with van der Waals surface area (Å²) in [6.07, 6.45) is -1.39. The Balaban J connectivity index is 1.97. The molecule has 0 saturated carbocycles. The SMILES string of the molecule is CCNC(=O)NC(=O)[C@@H](OC(=O)c1nn(C)c(=O)c2ccccc12)c1ccccc1. The highest BCUT2D eigenvalue weighted by molar-refractivity contribution is 6.04. The number of rotatable bonds is 5. The van der Waals surface area contributed by atoms with Crippen LogP contribution in [0, 0.1) is 0 Å². The molecule has 2 N–H and O–H groups in total. The zero-order valence-electron chi connectivity index (χ0n) is 16.4. The van der Waals surface area contributed by atoms with Crippen molar-refractivity contribution in [1.82, 2.24) is 20.4 Å². The van der Waals surface area contributed by atoms with Crippen LogP contribution in [0.3, 0.4) is 0 Å². The molecule has 3 aromatic rings. The number of nitrogens with one attached hydrogen (secondary N) is 2. The van der Waals surface area contributed by atoms with Crippen LogP contribution >= 0.6 is 0 Å². The Morgan fingerprint density at radius 1 is 1.03 bits per heavy atom. The predicted molar refractivity (Wildman–Crippen MR) is 109 cm³/mol. The first kappa shape index (κ1) is 20.7. The molecule has 3 rings (SSSR count). The van der Waals surface area contributed by atoms with Crippen LogP contribution in [0.25, 0.3) is 10.8 Å². The second-order valence-corrected chi connectivity index (χ2v) is 6.37. The number of urea groups is 1. The van der Waals surface area contributed by atoms with Gasteiger partial charge in [-0.15, -0.1) is 0 Å².